The van der Waals surface area contributed by atoms with Crippen LogP contribution in [0.25, 0.3) is 0 Å². The zero-order chi connectivity index (χ0) is 26.2. The summed E-state index contributed by atoms with van der Waals surface area (Å²) in [4.78, 5) is 0. The predicted molar refractivity (Wildman–Crippen MR) is 134 cm³/mol. The van der Waals surface area contributed by atoms with Crippen molar-refractivity contribution in [2.75, 3.05) is 0 Å². The van der Waals surface area contributed by atoms with Crippen LogP contribution >= 0.6 is 0 Å². The Balaban J connectivity index is 1.17. The highest BCUT2D eigenvalue weighted by Crippen LogP contribution is 2.46. The molecule has 202 valence electrons. The van der Waals surface area contributed by atoms with Gasteiger partial charge in [-0.05, 0) is 104 Å². The molecule has 2 saturated carbocycles. The van der Waals surface area contributed by atoms with Crippen molar-refractivity contribution in [1.29, 1.82) is 0 Å². The number of benzene rings is 2. The minimum atomic E-state index is -3.79. The van der Waals surface area contributed by atoms with E-state index in [-0.39, 0.29) is 5.56 Å². The van der Waals surface area contributed by atoms with Gasteiger partial charge in [0.05, 0.1) is 5.56 Å². The third-order valence-electron chi connectivity index (χ3n) is 9.45. The molecule has 0 saturated heterocycles. The van der Waals surface area contributed by atoms with Crippen molar-refractivity contribution in [2.24, 2.45) is 29.6 Å². The van der Waals surface area contributed by atoms with E-state index in [4.69, 9.17) is 0 Å². The van der Waals surface area contributed by atoms with E-state index >= 15 is 0 Å². The van der Waals surface area contributed by atoms with Gasteiger partial charge < -0.3 is 4.74 Å². The van der Waals surface area contributed by atoms with Crippen LogP contribution in [0.1, 0.15) is 87.8 Å². The Labute approximate surface area is 216 Å². The monoisotopic (exact) mass is 520 g/mol. The Morgan fingerprint density at radius 1 is 0.730 bits per heavy atom. The van der Waals surface area contributed by atoms with Crippen LogP contribution in [0.5, 0.6) is 5.75 Å². The van der Waals surface area contributed by atoms with Gasteiger partial charge in [0.15, 0.2) is 17.5 Å². The Kier molecular flexibility index (Phi) is 7.83. The minimum Gasteiger partial charge on any atom is -0.429 e. The second kappa shape index (κ2) is 10.9. The standard InChI is InChI=1S/C31H37F5O/c1-2-3-19-4-6-20(7-5-19)21-8-10-22(11-9-21)24-14-23-12-13-26(16-25(23)15-24)31(35,36)37-27-17-28(32)30(34)29(33)18-27/h12-13,16-22,24H,2-11,14-15H2,1H3. The number of halogens is 5. The van der Waals surface area contributed by atoms with Crippen LogP contribution in [-0.4, -0.2) is 0 Å². The molecular formula is C31H37F5O. The maximum absolute atomic E-state index is 14.9. The topological polar surface area (TPSA) is 9.23 Å². The van der Waals surface area contributed by atoms with Gasteiger partial charge in [-0.2, -0.15) is 8.78 Å². The molecule has 0 bridgehead atoms. The lowest BCUT2D eigenvalue weighted by Crippen LogP contribution is -2.28. The number of fused-ring (bicyclic) bond motifs is 1. The van der Waals surface area contributed by atoms with Crippen LogP contribution in [0.2, 0.25) is 0 Å². The first-order chi connectivity index (χ1) is 17.7. The summed E-state index contributed by atoms with van der Waals surface area (Å²) in [6.45, 7) is 2.29. The molecular weight excluding hydrogens is 483 g/mol. The maximum Gasteiger partial charge on any atom is 0.426 e. The lowest BCUT2D eigenvalue weighted by atomic mass is 9.67. The number of ether oxygens (including phenoxy) is 1. The second-order valence-corrected chi connectivity index (χ2v) is 11.7. The van der Waals surface area contributed by atoms with Gasteiger partial charge in [0.1, 0.15) is 5.75 Å². The fraction of sp³-hybridized carbons (Fsp3) is 0.613. The summed E-state index contributed by atoms with van der Waals surface area (Å²) in [6.07, 6.45) is 11.2. The Bertz CT molecular complexity index is 1060. The zero-order valence-corrected chi connectivity index (χ0v) is 21.6. The Morgan fingerprint density at radius 3 is 1.86 bits per heavy atom. The molecule has 1 unspecified atom stereocenters. The molecule has 0 radical (unpaired) electrons. The highest BCUT2D eigenvalue weighted by atomic mass is 19.3. The molecule has 5 rings (SSSR count). The first-order valence-corrected chi connectivity index (χ1v) is 14.1. The first kappa shape index (κ1) is 26.5. The molecule has 0 amide bonds. The average Bonchev–Trinajstić information content (AvgIpc) is 3.31. The molecule has 3 aliphatic carbocycles. The van der Waals surface area contributed by atoms with Gasteiger partial charge in [0.2, 0.25) is 0 Å². The van der Waals surface area contributed by atoms with Crippen molar-refractivity contribution in [1.82, 2.24) is 0 Å². The van der Waals surface area contributed by atoms with Crippen LogP contribution in [0.15, 0.2) is 30.3 Å². The summed E-state index contributed by atoms with van der Waals surface area (Å²) in [6, 6.07) is 5.38. The van der Waals surface area contributed by atoms with Gasteiger partial charge in [-0.1, -0.05) is 38.7 Å². The van der Waals surface area contributed by atoms with Gasteiger partial charge >= 0.3 is 6.11 Å². The molecule has 0 spiro atoms. The third-order valence-corrected chi connectivity index (χ3v) is 9.45. The van der Waals surface area contributed by atoms with Crippen LogP contribution in [0, 0.1) is 47.0 Å². The summed E-state index contributed by atoms with van der Waals surface area (Å²) in [5, 5.41) is 0. The summed E-state index contributed by atoms with van der Waals surface area (Å²) >= 11 is 0. The molecule has 1 nitrogen and oxygen atoms in total. The van der Waals surface area contributed by atoms with E-state index in [1.165, 1.54) is 76.3 Å². The van der Waals surface area contributed by atoms with E-state index in [1.54, 1.807) is 6.07 Å². The van der Waals surface area contributed by atoms with Crippen LogP contribution in [0.4, 0.5) is 22.0 Å². The molecule has 3 aliphatic rings. The normalized spacial score (nSPS) is 28.2. The van der Waals surface area contributed by atoms with Crippen molar-refractivity contribution in [3.63, 3.8) is 0 Å². The van der Waals surface area contributed by atoms with Crippen LogP contribution < -0.4 is 4.74 Å². The van der Waals surface area contributed by atoms with E-state index < -0.39 is 29.3 Å². The molecule has 6 heteroatoms. The lowest BCUT2D eigenvalue weighted by molar-refractivity contribution is -0.185. The largest absolute Gasteiger partial charge is 0.429 e. The molecule has 2 fully saturated rings. The zero-order valence-electron chi connectivity index (χ0n) is 21.6. The molecule has 2 aromatic rings. The number of rotatable bonds is 7. The number of alkyl halides is 2. The van der Waals surface area contributed by atoms with Gasteiger partial charge in [0.25, 0.3) is 0 Å². The van der Waals surface area contributed by atoms with Crippen LogP contribution in [0.3, 0.4) is 0 Å². The highest BCUT2D eigenvalue weighted by Gasteiger charge is 2.39. The van der Waals surface area contributed by atoms with E-state index in [2.05, 4.69) is 11.7 Å². The fourth-order valence-corrected chi connectivity index (χ4v) is 7.41. The van der Waals surface area contributed by atoms with E-state index in [0.717, 1.165) is 41.7 Å². The van der Waals surface area contributed by atoms with E-state index in [0.29, 0.717) is 24.0 Å². The maximum atomic E-state index is 14.9. The van der Waals surface area contributed by atoms with Gasteiger partial charge in [-0.15, -0.1) is 0 Å². The molecule has 1 atom stereocenters. The summed E-state index contributed by atoms with van der Waals surface area (Å²) < 4.78 is 74.4. The smallest absolute Gasteiger partial charge is 0.426 e. The predicted octanol–water partition coefficient (Wildman–Crippen LogP) is 9.36. The quantitative estimate of drug-likeness (QED) is 0.261. The molecule has 0 N–H and O–H groups in total. The summed E-state index contributed by atoms with van der Waals surface area (Å²) in [5.74, 6) is -1.82. The molecule has 37 heavy (non-hydrogen) atoms. The summed E-state index contributed by atoms with van der Waals surface area (Å²) in [5.41, 5.74) is 1.64. The van der Waals surface area contributed by atoms with Crippen molar-refractivity contribution in [3.05, 3.63) is 64.5 Å². The van der Waals surface area contributed by atoms with Crippen molar-refractivity contribution in [3.8, 4) is 5.75 Å². The molecule has 0 heterocycles. The van der Waals surface area contributed by atoms with Crippen LogP contribution in [-0.2, 0) is 19.0 Å². The number of hydrogen-bond donors (Lipinski definition) is 0. The second-order valence-electron chi connectivity index (χ2n) is 11.7. The van der Waals surface area contributed by atoms with Gasteiger partial charge in [0, 0.05) is 12.1 Å². The molecule has 2 aromatic carbocycles. The first-order valence-electron chi connectivity index (χ1n) is 14.1. The average molecular weight is 521 g/mol. The Hall–Kier alpha value is -2.11. The highest BCUT2D eigenvalue weighted by molar-refractivity contribution is 5.38. The molecule has 0 aromatic heterocycles. The molecule has 0 aliphatic heterocycles. The van der Waals surface area contributed by atoms with Crippen molar-refractivity contribution < 1.29 is 26.7 Å². The van der Waals surface area contributed by atoms with E-state index in [9.17, 15) is 22.0 Å². The lowest BCUT2D eigenvalue weighted by Gasteiger charge is -2.39. The van der Waals surface area contributed by atoms with Crippen molar-refractivity contribution in [2.45, 2.75) is 90.1 Å². The third kappa shape index (κ3) is 5.83. The van der Waals surface area contributed by atoms with E-state index in [1.807, 2.05) is 0 Å². The number of hydrogen-bond acceptors (Lipinski definition) is 1. The van der Waals surface area contributed by atoms with Gasteiger partial charge in [-0.25, -0.2) is 13.2 Å². The SMILES string of the molecule is CCCC1CCC(C2CCC(C3Cc4ccc(C(F)(F)Oc5cc(F)c(F)c(F)c5)cc4C3)CC2)CC1. The fourth-order valence-electron chi connectivity index (χ4n) is 7.41. The minimum absolute atomic E-state index is 0.362. The van der Waals surface area contributed by atoms with Gasteiger partial charge in [-0.3, -0.25) is 0 Å². The Morgan fingerprint density at radius 2 is 1.27 bits per heavy atom. The summed E-state index contributed by atoms with van der Waals surface area (Å²) in [7, 11) is 0. The van der Waals surface area contributed by atoms with Crippen molar-refractivity contribution >= 4 is 0 Å².